The molecule has 1 N–H and O–H groups in total. The fourth-order valence-electron chi connectivity index (χ4n) is 2.51. The molecule has 122 valence electrons. The Hall–Kier alpha value is -2.88. The average Bonchev–Trinajstić information content (AvgIpc) is 2.61. The summed E-state index contributed by atoms with van der Waals surface area (Å²) in [6, 6.07) is 23.0. The van der Waals surface area contributed by atoms with Gasteiger partial charge >= 0.3 is 0 Å². The number of hydrogen-bond donors (Lipinski definition) is 1. The van der Waals surface area contributed by atoms with Crippen LogP contribution < -0.4 is 10.2 Å². The van der Waals surface area contributed by atoms with Gasteiger partial charge in [0.1, 0.15) is 5.82 Å². The van der Waals surface area contributed by atoms with E-state index in [1.54, 1.807) is 6.20 Å². The molecule has 1 heterocycles. The first-order valence-corrected chi connectivity index (χ1v) is 8.18. The van der Waals surface area contributed by atoms with Crippen LogP contribution in [0.1, 0.15) is 19.4 Å². The molecule has 0 unspecified atom stereocenters. The fourth-order valence-corrected chi connectivity index (χ4v) is 2.51. The number of para-hydroxylation sites is 1. The Morgan fingerprint density at radius 1 is 0.917 bits per heavy atom. The van der Waals surface area contributed by atoms with Crippen molar-refractivity contribution in [3.63, 3.8) is 0 Å². The molecule has 2 aromatic carbocycles. The summed E-state index contributed by atoms with van der Waals surface area (Å²) in [5.74, 6) is 1.53. The van der Waals surface area contributed by atoms with E-state index in [4.69, 9.17) is 0 Å². The third-order valence-corrected chi connectivity index (χ3v) is 3.59. The van der Waals surface area contributed by atoms with Crippen LogP contribution >= 0.6 is 0 Å². The Balaban J connectivity index is 1.95. The molecule has 3 rings (SSSR count). The summed E-state index contributed by atoms with van der Waals surface area (Å²) in [4.78, 5) is 11.2. The van der Waals surface area contributed by atoms with E-state index in [-0.39, 0.29) is 0 Å². The number of rotatable bonds is 6. The van der Waals surface area contributed by atoms with Gasteiger partial charge in [0.2, 0.25) is 5.95 Å². The molecule has 0 radical (unpaired) electrons. The van der Waals surface area contributed by atoms with E-state index >= 15 is 0 Å². The third-order valence-electron chi connectivity index (χ3n) is 3.59. The van der Waals surface area contributed by atoms with E-state index in [0.717, 1.165) is 18.1 Å². The van der Waals surface area contributed by atoms with Gasteiger partial charge in [-0.25, -0.2) is 4.98 Å². The summed E-state index contributed by atoms with van der Waals surface area (Å²) in [5, 5.41) is 3.27. The first kappa shape index (κ1) is 16.0. The van der Waals surface area contributed by atoms with E-state index in [1.165, 1.54) is 5.56 Å². The Morgan fingerprint density at radius 3 is 2.25 bits per heavy atom. The maximum atomic E-state index is 4.69. The predicted octanol–water partition coefficient (Wildman–Crippen LogP) is 4.64. The SMILES string of the molecule is CC(C)Nc1nccc(N(Cc2ccccc2)c2ccccc2)n1. The summed E-state index contributed by atoms with van der Waals surface area (Å²) in [6.45, 7) is 4.91. The number of nitrogens with one attached hydrogen (secondary N) is 1. The molecule has 4 nitrogen and oxygen atoms in total. The standard InChI is InChI=1S/C20H22N4/c1-16(2)22-20-21-14-13-19(23-20)24(18-11-7-4-8-12-18)15-17-9-5-3-6-10-17/h3-14,16H,15H2,1-2H3,(H,21,22,23). The van der Waals surface area contributed by atoms with Gasteiger partial charge in [-0.15, -0.1) is 0 Å². The molecule has 0 fully saturated rings. The molecule has 0 aliphatic heterocycles. The molecule has 0 spiro atoms. The lowest BCUT2D eigenvalue weighted by Crippen LogP contribution is -2.19. The van der Waals surface area contributed by atoms with Crippen LogP contribution in [0.25, 0.3) is 0 Å². The summed E-state index contributed by atoms with van der Waals surface area (Å²) < 4.78 is 0. The van der Waals surface area contributed by atoms with Gasteiger partial charge in [0.15, 0.2) is 0 Å². The Bertz CT molecular complexity index is 757. The van der Waals surface area contributed by atoms with E-state index in [2.05, 4.69) is 70.4 Å². The van der Waals surface area contributed by atoms with Crippen LogP contribution in [0.2, 0.25) is 0 Å². The van der Waals surface area contributed by atoms with Crippen molar-refractivity contribution in [2.24, 2.45) is 0 Å². The van der Waals surface area contributed by atoms with Gasteiger partial charge in [-0.05, 0) is 37.6 Å². The molecule has 4 heteroatoms. The molecule has 0 aliphatic rings. The summed E-state index contributed by atoms with van der Waals surface area (Å²) in [7, 11) is 0. The van der Waals surface area contributed by atoms with Crippen LogP contribution in [0.3, 0.4) is 0 Å². The van der Waals surface area contributed by atoms with Crippen LogP contribution in [-0.4, -0.2) is 16.0 Å². The fraction of sp³-hybridized carbons (Fsp3) is 0.200. The van der Waals surface area contributed by atoms with Crippen molar-refractivity contribution in [3.8, 4) is 0 Å². The normalized spacial score (nSPS) is 10.6. The second-order valence-corrected chi connectivity index (χ2v) is 5.94. The first-order valence-electron chi connectivity index (χ1n) is 8.18. The monoisotopic (exact) mass is 318 g/mol. The quantitative estimate of drug-likeness (QED) is 0.719. The minimum Gasteiger partial charge on any atom is -0.352 e. The van der Waals surface area contributed by atoms with Crippen molar-refractivity contribution in [3.05, 3.63) is 78.5 Å². The highest BCUT2D eigenvalue weighted by Crippen LogP contribution is 2.26. The number of hydrogen-bond acceptors (Lipinski definition) is 4. The van der Waals surface area contributed by atoms with Crippen LogP contribution in [0.5, 0.6) is 0 Å². The number of anilines is 3. The van der Waals surface area contributed by atoms with Crippen LogP contribution in [0.4, 0.5) is 17.5 Å². The lowest BCUT2D eigenvalue weighted by molar-refractivity contribution is 0.866. The molecule has 24 heavy (non-hydrogen) atoms. The summed E-state index contributed by atoms with van der Waals surface area (Å²) in [5.41, 5.74) is 2.34. The Morgan fingerprint density at radius 2 is 1.58 bits per heavy atom. The second-order valence-electron chi connectivity index (χ2n) is 5.94. The first-order chi connectivity index (χ1) is 11.7. The molecular formula is C20H22N4. The van der Waals surface area contributed by atoms with Crippen molar-refractivity contribution in [1.82, 2.24) is 9.97 Å². The lowest BCUT2D eigenvalue weighted by Gasteiger charge is -2.24. The Kier molecular flexibility index (Phi) is 5.06. The van der Waals surface area contributed by atoms with Crippen molar-refractivity contribution in [1.29, 1.82) is 0 Å². The number of benzene rings is 2. The van der Waals surface area contributed by atoms with Crippen LogP contribution in [-0.2, 0) is 6.54 Å². The molecular weight excluding hydrogens is 296 g/mol. The smallest absolute Gasteiger partial charge is 0.224 e. The molecule has 1 aromatic heterocycles. The topological polar surface area (TPSA) is 41.1 Å². The zero-order chi connectivity index (χ0) is 16.8. The lowest BCUT2D eigenvalue weighted by atomic mass is 10.2. The van der Waals surface area contributed by atoms with Crippen LogP contribution in [0.15, 0.2) is 72.9 Å². The Labute approximate surface area is 143 Å². The average molecular weight is 318 g/mol. The largest absolute Gasteiger partial charge is 0.352 e. The maximum Gasteiger partial charge on any atom is 0.224 e. The van der Waals surface area contributed by atoms with E-state index in [9.17, 15) is 0 Å². The molecule has 0 saturated carbocycles. The zero-order valence-electron chi connectivity index (χ0n) is 14.1. The predicted molar refractivity (Wildman–Crippen MR) is 99.5 cm³/mol. The maximum absolute atomic E-state index is 4.69. The number of nitrogens with zero attached hydrogens (tertiary/aromatic N) is 3. The minimum absolute atomic E-state index is 0.291. The number of aromatic nitrogens is 2. The van der Waals surface area contributed by atoms with Gasteiger partial charge in [0, 0.05) is 24.5 Å². The van der Waals surface area contributed by atoms with Crippen molar-refractivity contribution < 1.29 is 0 Å². The van der Waals surface area contributed by atoms with Crippen molar-refractivity contribution in [2.45, 2.75) is 26.4 Å². The van der Waals surface area contributed by atoms with Gasteiger partial charge in [-0.1, -0.05) is 48.5 Å². The van der Waals surface area contributed by atoms with Gasteiger partial charge in [0.05, 0.1) is 0 Å². The van der Waals surface area contributed by atoms with Gasteiger partial charge < -0.3 is 10.2 Å². The highest BCUT2D eigenvalue weighted by molar-refractivity contribution is 5.60. The minimum atomic E-state index is 0.291. The van der Waals surface area contributed by atoms with Crippen molar-refractivity contribution in [2.75, 3.05) is 10.2 Å². The van der Waals surface area contributed by atoms with E-state index in [1.807, 2.05) is 30.3 Å². The summed E-state index contributed by atoms with van der Waals surface area (Å²) in [6.07, 6.45) is 1.80. The van der Waals surface area contributed by atoms with E-state index < -0.39 is 0 Å². The summed E-state index contributed by atoms with van der Waals surface area (Å²) >= 11 is 0. The van der Waals surface area contributed by atoms with Crippen molar-refractivity contribution >= 4 is 17.5 Å². The van der Waals surface area contributed by atoms with E-state index in [0.29, 0.717) is 12.0 Å². The molecule has 0 amide bonds. The molecule has 0 bridgehead atoms. The van der Waals surface area contributed by atoms with Gasteiger partial charge in [-0.3, -0.25) is 0 Å². The highest BCUT2D eigenvalue weighted by Gasteiger charge is 2.12. The molecule has 0 aliphatic carbocycles. The van der Waals surface area contributed by atoms with Crippen LogP contribution in [0, 0.1) is 0 Å². The van der Waals surface area contributed by atoms with Gasteiger partial charge in [-0.2, -0.15) is 4.98 Å². The molecule has 0 atom stereocenters. The third kappa shape index (κ3) is 4.10. The molecule has 0 saturated heterocycles. The highest BCUT2D eigenvalue weighted by atomic mass is 15.2. The molecule has 3 aromatic rings. The second kappa shape index (κ2) is 7.59. The zero-order valence-corrected chi connectivity index (χ0v) is 14.1. The van der Waals surface area contributed by atoms with Gasteiger partial charge in [0.25, 0.3) is 0 Å².